The van der Waals surface area contributed by atoms with Crippen LogP contribution in [0.5, 0.6) is 0 Å². The van der Waals surface area contributed by atoms with Crippen LogP contribution in [0.1, 0.15) is 17.5 Å². The van der Waals surface area contributed by atoms with Gasteiger partial charge in [-0.05, 0) is 49.2 Å². The molecule has 2 amide bonds. The van der Waals surface area contributed by atoms with Gasteiger partial charge in [0, 0.05) is 23.7 Å². The summed E-state index contributed by atoms with van der Waals surface area (Å²) in [6.07, 6.45) is 0.0524. The van der Waals surface area contributed by atoms with Gasteiger partial charge in [0.05, 0.1) is 16.6 Å². The first-order valence-electron chi connectivity index (χ1n) is 9.04. The van der Waals surface area contributed by atoms with Crippen molar-refractivity contribution < 1.29 is 19.1 Å². The Bertz CT molecular complexity index is 977. The van der Waals surface area contributed by atoms with Gasteiger partial charge >= 0.3 is 5.97 Å². The Morgan fingerprint density at radius 3 is 2.69 bits per heavy atom. The first-order chi connectivity index (χ1) is 13.8. The quantitative estimate of drug-likeness (QED) is 0.717. The molecular weight excluding hydrogens is 415 g/mol. The topological polar surface area (TPSA) is 75.7 Å². The number of esters is 1. The highest BCUT2D eigenvalue weighted by Gasteiger charge is 2.37. The molecule has 1 N–H and O–H groups in total. The number of halogens is 2. The van der Waals surface area contributed by atoms with Gasteiger partial charge in [0.25, 0.3) is 5.91 Å². The molecule has 6 nitrogen and oxygen atoms in total. The summed E-state index contributed by atoms with van der Waals surface area (Å²) >= 11 is 11.8. The third kappa shape index (κ3) is 4.89. The molecule has 0 spiro atoms. The van der Waals surface area contributed by atoms with E-state index in [0.29, 0.717) is 10.7 Å². The summed E-state index contributed by atoms with van der Waals surface area (Å²) in [4.78, 5) is 38.4. The Kier molecular flexibility index (Phi) is 6.45. The molecule has 0 saturated carbocycles. The smallest absolute Gasteiger partial charge is 0.311 e. The summed E-state index contributed by atoms with van der Waals surface area (Å²) in [7, 11) is 0. The van der Waals surface area contributed by atoms with Crippen molar-refractivity contribution >= 4 is 52.4 Å². The number of carbonyl (C=O) groups excluding carboxylic acids is 3. The van der Waals surface area contributed by atoms with Crippen molar-refractivity contribution in [2.75, 3.05) is 23.4 Å². The average molecular weight is 435 g/mol. The van der Waals surface area contributed by atoms with Crippen LogP contribution >= 0.6 is 23.2 Å². The standard InChI is InChI=1S/C21H20Cl2N2O4/c1-12-4-3-5-18(13(12)2)25-10-14(8-20(25)27)21(28)29-11-19(26)24-17-7-6-15(22)9-16(17)23/h3-7,9,14H,8,10-11H2,1-2H3,(H,24,26)/t14-/m1/s1. The van der Waals surface area contributed by atoms with Crippen LogP contribution in [-0.4, -0.2) is 30.9 Å². The number of hydrogen-bond donors (Lipinski definition) is 1. The molecule has 0 aromatic heterocycles. The van der Waals surface area contributed by atoms with Crippen LogP contribution in [0.3, 0.4) is 0 Å². The van der Waals surface area contributed by atoms with Gasteiger partial charge in [0.1, 0.15) is 0 Å². The van der Waals surface area contributed by atoms with Gasteiger partial charge < -0.3 is 15.0 Å². The molecule has 152 valence electrons. The van der Waals surface area contributed by atoms with Crippen LogP contribution < -0.4 is 10.2 Å². The SMILES string of the molecule is Cc1cccc(N2C[C@H](C(=O)OCC(=O)Nc3ccc(Cl)cc3Cl)CC2=O)c1C. The van der Waals surface area contributed by atoms with Crippen LogP contribution in [0.2, 0.25) is 10.0 Å². The van der Waals surface area contributed by atoms with Gasteiger partial charge in [0.15, 0.2) is 6.61 Å². The van der Waals surface area contributed by atoms with Crippen LogP contribution in [-0.2, 0) is 19.1 Å². The molecule has 1 atom stereocenters. The fraction of sp³-hybridized carbons (Fsp3) is 0.286. The van der Waals surface area contributed by atoms with Gasteiger partial charge in [-0.2, -0.15) is 0 Å². The Hall–Kier alpha value is -2.57. The predicted octanol–water partition coefficient (Wildman–Crippen LogP) is 4.15. The van der Waals surface area contributed by atoms with E-state index in [1.807, 2.05) is 32.0 Å². The maximum atomic E-state index is 12.4. The number of nitrogens with one attached hydrogen (secondary N) is 1. The van der Waals surface area contributed by atoms with Crippen molar-refractivity contribution in [3.05, 3.63) is 57.6 Å². The molecule has 1 aliphatic rings. The van der Waals surface area contributed by atoms with E-state index in [2.05, 4.69) is 5.32 Å². The van der Waals surface area contributed by atoms with Crippen molar-refractivity contribution in [2.45, 2.75) is 20.3 Å². The highest BCUT2D eigenvalue weighted by molar-refractivity contribution is 6.36. The van der Waals surface area contributed by atoms with Crippen LogP contribution in [0.4, 0.5) is 11.4 Å². The van der Waals surface area contributed by atoms with Crippen molar-refractivity contribution in [3.8, 4) is 0 Å². The Labute approximate surface area is 178 Å². The molecule has 2 aromatic rings. The molecule has 1 saturated heterocycles. The molecule has 3 rings (SSSR count). The normalized spacial score (nSPS) is 16.1. The van der Waals surface area contributed by atoms with E-state index < -0.39 is 24.4 Å². The zero-order valence-electron chi connectivity index (χ0n) is 16.0. The lowest BCUT2D eigenvalue weighted by atomic mass is 10.1. The number of amides is 2. The summed E-state index contributed by atoms with van der Waals surface area (Å²) in [6.45, 7) is 3.67. The van der Waals surface area contributed by atoms with E-state index >= 15 is 0 Å². The molecule has 1 aliphatic heterocycles. The number of hydrogen-bond acceptors (Lipinski definition) is 4. The number of carbonyl (C=O) groups is 3. The second-order valence-electron chi connectivity index (χ2n) is 6.90. The summed E-state index contributed by atoms with van der Waals surface area (Å²) < 4.78 is 5.11. The fourth-order valence-electron chi connectivity index (χ4n) is 3.16. The average Bonchev–Trinajstić information content (AvgIpc) is 3.06. The van der Waals surface area contributed by atoms with E-state index in [9.17, 15) is 14.4 Å². The van der Waals surface area contributed by atoms with Crippen molar-refractivity contribution in [3.63, 3.8) is 0 Å². The van der Waals surface area contributed by atoms with Crippen molar-refractivity contribution in [2.24, 2.45) is 5.92 Å². The van der Waals surface area contributed by atoms with E-state index in [-0.39, 0.29) is 23.9 Å². The first kappa shape index (κ1) is 21.1. The molecule has 2 aromatic carbocycles. The molecular formula is C21H20Cl2N2O4. The highest BCUT2D eigenvalue weighted by atomic mass is 35.5. The number of rotatable bonds is 5. The zero-order valence-corrected chi connectivity index (χ0v) is 17.5. The number of nitrogens with zero attached hydrogens (tertiary/aromatic N) is 1. The maximum absolute atomic E-state index is 12.4. The van der Waals surface area contributed by atoms with Crippen molar-refractivity contribution in [1.29, 1.82) is 0 Å². The lowest BCUT2D eigenvalue weighted by Gasteiger charge is -2.20. The Morgan fingerprint density at radius 1 is 1.21 bits per heavy atom. The Morgan fingerprint density at radius 2 is 1.97 bits per heavy atom. The predicted molar refractivity (Wildman–Crippen MR) is 112 cm³/mol. The lowest BCUT2D eigenvalue weighted by Crippen LogP contribution is -2.28. The summed E-state index contributed by atoms with van der Waals surface area (Å²) in [5.74, 6) is -1.87. The van der Waals surface area contributed by atoms with Gasteiger partial charge in [-0.15, -0.1) is 0 Å². The molecule has 0 unspecified atom stereocenters. The lowest BCUT2D eigenvalue weighted by molar-refractivity contribution is -0.151. The van der Waals surface area contributed by atoms with Gasteiger partial charge in [-0.1, -0.05) is 35.3 Å². The second-order valence-corrected chi connectivity index (χ2v) is 7.75. The van der Waals surface area contributed by atoms with Crippen LogP contribution in [0, 0.1) is 19.8 Å². The highest BCUT2D eigenvalue weighted by Crippen LogP contribution is 2.30. The van der Waals surface area contributed by atoms with E-state index in [4.69, 9.17) is 27.9 Å². The molecule has 0 bridgehead atoms. The number of anilines is 2. The summed E-state index contributed by atoms with van der Waals surface area (Å²) in [6, 6.07) is 10.3. The van der Waals surface area contributed by atoms with E-state index in [1.54, 1.807) is 17.0 Å². The van der Waals surface area contributed by atoms with Gasteiger partial charge in [-0.3, -0.25) is 14.4 Å². The zero-order chi connectivity index (χ0) is 21.1. The first-order valence-corrected chi connectivity index (χ1v) is 9.80. The van der Waals surface area contributed by atoms with Crippen molar-refractivity contribution in [1.82, 2.24) is 0 Å². The van der Waals surface area contributed by atoms with Crippen LogP contribution in [0.15, 0.2) is 36.4 Å². The van der Waals surface area contributed by atoms with Crippen LogP contribution in [0.25, 0.3) is 0 Å². The second kappa shape index (κ2) is 8.84. The third-order valence-corrected chi connectivity index (χ3v) is 5.42. The molecule has 29 heavy (non-hydrogen) atoms. The van der Waals surface area contributed by atoms with Gasteiger partial charge in [-0.25, -0.2) is 0 Å². The number of aryl methyl sites for hydroxylation is 1. The monoisotopic (exact) mass is 434 g/mol. The minimum absolute atomic E-state index is 0.0524. The minimum Gasteiger partial charge on any atom is -0.455 e. The molecule has 1 heterocycles. The largest absolute Gasteiger partial charge is 0.455 e. The molecule has 8 heteroatoms. The molecule has 0 radical (unpaired) electrons. The fourth-order valence-corrected chi connectivity index (χ4v) is 3.61. The number of ether oxygens (including phenoxy) is 1. The summed E-state index contributed by atoms with van der Waals surface area (Å²) in [5.41, 5.74) is 3.22. The van der Waals surface area contributed by atoms with Gasteiger partial charge in [0.2, 0.25) is 5.91 Å². The van der Waals surface area contributed by atoms with E-state index in [0.717, 1.165) is 16.8 Å². The Balaban J connectivity index is 1.56. The molecule has 1 fully saturated rings. The maximum Gasteiger partial charge on any atom is 0.311 e. The summed E-state index contributed by atoms with van der Waals surface area (Å²) in [5, 5.41) is 3.28. The minimum atomic E-state index is -0.616. The molecule has 0 aliphatic carbocycles. The third-order valence-electron chi connectivity index (χ3n) is 4.88. The van der Waals surface area contributed by atoms with E-state index in [1.165, 1.54) is 6.07 Å². The number of benzene rings is 2.